The van der Waals surface area contributed by atoms with E-state index in [1.807, 2.05) is 56.3 Å². The summed E-state index contributed by atoms with van der Waals surface area (Å²) < 4.78 is 10.5. The van der Waals surface area contributed by atoms with Crippen molar-refractivity contribution in [3.05, 3.63) is 64.7 Å². The van der Waals surface area contributed by atoms with E-state index in [9.17, 15) is 9.59 Å². The average molecular weight is 472 g/mol. The summed E-state index contributed by atoms with van der Waals surface area (Å²) in [5.41, 5.74) is 2.44. The summed E-state index contributed by atoms with van der Waals surface area (Å²) >= 11 is 6.49. The fraction of sp³-hybridized carbons (Fsp3) is 0.400. The molecule has 3 rings (SSSR count). The fourth-order valence-electron chi connectivity index (χ4n) is 3.77. The van der Waals surface area contributed by atoms with Crippen molar-refractivity contribution in [2.75, 3.05) is 33.9 Å². The summed E-state index contributed by atoms with van der Waals surface area (Å²) in [4.78, 5) is 27.7. The van der Waals surface area contributed by atoms with Crippen LogP contribution < -0.4 is 4.74 Å². The van der Waals surface area contributed by atoms with E-state index < -0.39 is 0 Å². The molecule has 176 valence electrons. The minimum absolute atomic E-state index is 0.0871. The van der Waals surface area contributed by atoms with Crippen molar-refractivity contribution in [3.8, 4) is 5.75 Å². The van der Waals surface area contributed by atoms with Gasteiger partial charge in [0.15, 0.2) is 0 Å². The van der Waals surface area contributed by atoms with Crippen LogP contribution in [0.25, 0.3) is 0 Å². The van der Waals surface area contributed by atoms with E-state index in [1.165, 1.54) is 9.91 Å². The molecule has 0 bridgehead atoms. The molecule has 0 radical (unpaired) electrons. The van der Waals surface area contributed by atoms with Gasteiger partial charge in [-0.15, -0.1) is 0 Å². The van der Waals surface area contributed by atoms with Gasteiger partial charge in [-0.1, -0.05) is 55.8 Å². The molecule has 8 heteroatoms. The van der Waals surface area contributed by atoms with E-state index in [4.69, 9.17) is 21.1 Å². The summed E-state index contributed by atoms with van der Waals surface area (Å²) in [6.07, 6.45) is 0.499. The van der Waals surface area contributed by atoms with Gasteiger partial charge < -0.3 is 14.4 Å². The third-order valence-corrected chi connectivity index (χ3v) is 5.87. The molecule has 0 saturated heterocycles. The van der Waals surface area contributed by atoms with Crippen LogP contribution >= 0.6 is 11.6 Å². The van der Waals surface area contributed by atoms with E-state index in [0.29, 0.717) is 30.3 Å². The van der Waals surface area contributed by atoms with Crippen LogP contribution in [0.2, 0.25) is 5.02 Å². The van der Waals surface area contributed by atoms with Crippen molar-refractivity contribution in [1.82, 2.24) is 9.91 Å². The Hall–Kier alpha value is -2.90. The SMILES string of the molecule is COCCN(CC(=O)N1N=C(c2cccc(OC)c2)C[C@@H]1c1ccccc1Cl)C(=O)C(C)C. The minimum atomic E-state index is -0.370. The third kappa shape index (κ3) is 5.92. The molecule has 1 aliphatic rings. The summed E-state index contributed by atoms with van der Waals surface area (Å²) in [6, 6.07) is 14.7. The van der Waals surface area contributed by atoms with Crippen LogP contribution in [0, 0.1) is 5.92 Å². The molecule has 0 aliphatic carbocycles. The van der Waals surface area contributed by atoms with Gasteiger partial charge in [-0.25, -0.2) is 5.01 Å². The molecule has 2 aromatic rings. The zero-order valence-corrected chi connectivity index (χ0v) is 20.2. The molecule has 0 N–H and O–H groups in total. The Labute approximate surface area is 199 Å². The first-order chi connectivity index (χ1) is 15.8. The van der Waals surface area contributed by atoms with Crippen LogP contribution in [0.1, 0.15) is 37.4 Å². The van der Waals surface area contributed by atoms with Crippen molar-refractivity contribution in [3.63, 3.8) is 0 Å². The number of amides is 2. The van der Waals surface area contributed by atoms with Crippen LogP contribution in [0.5, 0.6) is 5.75 Å². The molecule has 2 aromatic carbocycles. The topological polar surface area (TPSA) is 71.4 Å². The lowest BCUT2D eigenvalue weighted by molar-refractivity contribution is -0.143. The number of carbonyl (C=O) groups is 2. The van der Waals surface area contributed by atoms with Crippen molar-refractivity contribution in [2.24, 2.45) is 11.0 Å². The first-order valence-corrected chi connectivity index (χ1v) is 11.3. The second kappa shape index (κ2) is 11.3. The number of halogens is 1. The molecule has 1 heterocycles. The predicted molar refractivity (Wildman–Crippen MR) is 128 cm³/mol. The molecular formula is C25H30ClN3O4. The quantitative estimate of drug-likeness (QED) is 0.550. The molecule has 0 unspecified atom stereocenters. The smallest absolute Gasteiger partial charge is 0.262 e. The fourth-order valence-corrected chi connectivity index (χ4v) is 4.04. The van der Waals surface area contributed by atoms with Crippen LogP contribution in [-0.4, -0.2) is 61.4 Å². The van der Waals surface area contributed by atoms with Crippen LogP contribution in [-0.2, 0) is 14.3 Å². The standard InChI is InChI=1S/C25H30ClN3O4/c1-17(2)25(31)28(12-13-32-3)16-24(30)29-23(20-10-5-6-11-21(20)26)15-22(27-29)18-8-7-9-19(14-18)33-4/h5-11,14,17,23H,12-13,15-16H2,1-4H3/t23-/m1/s1. The number of ether oxygens (including phenoxy) is 2. The number of nitrogens with zero attached hydrogens (tertiary/aromatic N) is 3. The summed E-state index contributed by atoms with van der Waals surface area (Å²) in [7, 11) is 3.18. The number of methoxy groups -OCH3 is 2. The number of hydrazone groups is 1. The number of rotatable bonds is 9. The number of carbonyl (C=O) groups excluding carboxylic acids is 2. The molecule has 7 nitrogen and oxygen atoms in total. The Kier molecular flexibility index (Phi) is 8.47. The monoisotopic (exact) mass is 471 g/mol. The van der Waals surface area contributed by atoms with Crippen molar-refractivity contribution >= 4 is 29.1 Å². The van der Waals surface area contributed by atoms with Crippen molar-refractivity contribution in [2.45, 2.75) is 26.3 Å². The highest BCUT2D eigenvalue weighted by molar-refractivity contribution is 6.31. The lowest BCUT2D eigenvalue weighted by Gasteiger charge is -2.28. The van der Waals surface area contributed by atoms with Gasteiger partial charge in [-0.2, -0.15) is 5.10 Å². The van der Waals surface area contributed by atoms with Gasteiger partial charge in [0, 0.05) is 36.6 Å². The van der Waals surface area contributed by atoms with Gasteiger partial charge in [0.05, 0.1) is 25.5 Å². The molecule has 33 heavy (non-hydrogen) atoms. The lowest BCUT2D eigenvalue weighted by Crippen LogP contribution is -2.44. The maximum atomic E-state index is 13.5. The first-order valence-electron chi connectivity index (χ1n) is 10.9. The summed E-state index contributed by atoms with van der Waals surface area (Å²) in [5.74, 6) is 0.0970. The second-order valence-corrected chi connectivity index (χ2v) is 8.57. The first kappa shape index (κ1) is 24.7. The molecule has 1 atom stereocenters. The van der Waals surface area contributed by atoms with Crippen LogP contribution in [0.3, 0.4) is 0 Å². The Morgan fingerprint density at radius 3 is 2.61 bits per heavy atom. The Bertz CT molecular complexity index is 1020. The minimum Gasteiger partial charge on any atom is -0.497 e. The van der Waals surface area contributed by atoms with Gasteiger partial charge in [0.2, 0.25) is 5.91 Å². The van der Waals surface area contributed by atoms with Gasteiger partial charge >= 0.3 is 0 Å². The molecule has 2 amide bonds. The Balaban J connectivity index is 1.94. The highest BCUT2D eigenvalue weighted by Crippen LogP contribution is 2.36. The van der Waals surface area contributed by atoms with Gasteiger partial charge in [0.1, 0.15) is 12.3 Å². The number of hydrogen-bond donors (Lipinski definition) is 0. The second-order valence-electron chi connectivity index (χ2n) is 8.17. The van der Waals surface area contributed by atoms with E-state index in [1.54, 1.807) is 20.3 Å². The Morgan fingerprint density at radius 1 is 1.18 bits per heavy atom. The molecular weight excluding hydrogens is 442 g/mol. The molecule has 0 aromatic heterocycles. The van der Waals surface area contributed by atoms with Gasteiger partial charge in [-0.05, 0) is 23.8 Å². The van der Waals surface area contributed by atoms with E-state index in [-0.39, 0.29) is 30.3 Å². The van der Waals surface area contributed by atoms with E-state index in [2.05, 4.69) is 5.10 Å². The van der Waals surface area contributed by atoms with Crippen molar-refractivity contribution < 1.29 is 19.1 Å². The maximum Gasteiger partial charge on any atom is 0.262 e. The van der Waals surface area contributed by atoms with Crippen molar-refractivity contribution in [1.29, 1.82) is 0 Å². The predicted octanol–water partition coefficient (Wildman–Crippen LogP) is 4.16. The molecule has 0 saturated carbocycles. The van der Waals surface area contributed by atoms with E-state index >= 15 is 0 Å². The van der Waals surface area contributed by atoms with Gasteiger partial charge in [0.25, 0.3) is 5.91 Å². The average Bonchev–Trinajstić information content (AvgIpc) is 3.27. The summed E-state index contributed by atoms with van der Waals surface area (Å²) in [5, 5.41) is 6.72. The summed E-state index contributed by atoms with van der Waals surface area (Å²) in [6.45, 7) is 4.21. The van der Waals surface area contributed by atoms with Crippen LogP contribution in [0.4, 0.5) is 0 Å². The molecule has 1 aliphatic heterocycles. The molecule has 0 fully saturated rings. The largest absolute Gasteiger partial charge is 0.497 e. The normalized spacial score (nSPS) is 15.5. The zero-order valence-electron chi connectivity index (χ0n) is 19.5. The maximum absolute atomic E-state index is 13.5. The van der Waals surface area contributed by atoms with Crippen LogP contribution in [0.15, 0.2) is 53.6 Å². The van der Waals surface area contributed by atoms with E-state index in [0.717, 1.165) is 16.8 Å². The number of benzene rings is 2. The number of hydrogen-bond acceptors (Lipinski definition) is 5. The highest BCUT2D eigenvalue weighted by Gasteiger charge is 2.35. The van der Waals surface area contributed by atoms with Gasteiger partial charge in [-0.3, -0.25) is 9.59 Å². The molecule has 0 spiro atoms. The highest BCUT2D eigenvalue weighted by atomic mass is 35.5. The Morgan fingerprint density at radius 2 is 1.94 bits per heavy atom. The third-order valence-electron chi connectivity index (χ3n) is 5.53. The zero-order chi connectivity index (χ0) is 24.0. The lowest BCUT2D eigenvalue weighted by atomic mass is 9.98.